The largest absolute Gasteiger partial charge is 0.321 e. The highest BCUT2D eigenvalue weighted by Crippen LogP contribution is 2.16. The average Bonchev–Trinajstić information content (AvgIpc) is 2.42. The van der Waals surface area contributed by atoms with Crippen LogP contribution in [0.4, 0.5) is 5.69 Å². The van der Waals surface area contributed by atoms with E-state index in [1.165, 1.54) is 6.08 Å². The van der Waals surface area contributed by atoms with Crippen LogP contribution in [0.15, 0.2) is 47.2 Å². The number of amides is 1. The highest BCUT2D eigenvalue weighted by Gasteiger charge is 2.01. The molecule has 0 aliphatic heterocycles. The van der Waals surface area contributed by atoms with Crippen LogP contribution < -0.4 is 5.32 Å². The minimum absolute atomic E-state index is 0.205. The van der Waals surface area contributed by atoms with E-state index in [4.69, 9.17) is 11.6 Å². The van der Waals surface area contributed by atoms with Gasteiger partial charge in [-0.1, -0.05) is 23.7 Å². The second-order valence-electron chi connectivity index (χ2n) is 4.21. The lowest BCUT2D eigenvalue weighted by Gasteiger charge is -2.03. The highest BCUT2D eigenvalue weighted by molar-refractivity contribution is 9.10. The van der Waals surface area contributed by atoms with Crippen molar-refractivity contribution in [1.29, 1.82) is 0 Å². The molecule has 0 aliphatic rings. The minimum atomic E-state index is -0.205. The SMILES string of the molecule is Cc1cc(NC(=O)/C=C/c2ccc(Cl)cc2)cnc1Br. The second kappa shape index (κ2) is 6.68. The summed E-state index contributed by atoms with van der Waals surface area (Å²) in [5.74, 6) is -0.205. The van der Waals surface area contributed by atoms with Crippen molar-refractivity contribution >= 4 is 45.2 Å². The number of benzene rings is 1. The molecule has 1 heterocycles. The average molecular weight is 352 g/mol. The van der Waals surface area contributed by atoms with Gasteiger partial charge in [0, 0.05) is 11.1 Å². The van der Waals surface area contributed by atoms with Gasteiger partial charge in [-0.05, 0) is 58.3 Å². The molecule has 0 aliphatic carbocycles. The first-order valence-electron chi connectivity index (χ1n) is 5.91. The fourth-order valence-corrected chi connectivity index (χ4v) is 1.90. The summed E-state index contributed by atoms with van der Waals surface area (Å²) >= 11 is 9.11. The van der Waals surface area contributed by atoms with Gasteiger partial charge in [-0.25, -0.2) is 4.98 Å². The molecule has 0 radical (unpaired) electrons. The Kier molecular flexibility index (Phi) is 4.93. The van der Waals surface area contributed by atoms with Crippen LogP contribution >= 0.6 is 27.5 Å². The van der Waals surface area contributed by atoms with Gasteiger partial charge in [0.2, 0.25) is 5.91 Å². The third kappa shape index (κ3) is 4.18. The molecule has 0 atom stereocenters. The maximum atomic E-state index is 11.8. The molecule has 0 bridgehead atoms. The topological polar surface area (TPSA) is 42.0 Å². The Morgan fingerprint density at radius 1 is 1.35 bits per heavy atom. The van der Waals surface area contributed by atoms with Crippen LogP contribution in [0.1, 0.15) is 11.1 Å². The third-order valence-corrected chi connectivity index (χ3v) is 3.66. The van der Waals surface area contributed by atoms with Gasteiger partial charge in [0.05, 0.1) is 11.9 Å². The number of carbonyl (C=O) groups excluding carboxylic acids is 1. The summed E-state index contributed by atoms with van der Waals surface area (Å²) in [6.07, 6.45) is 4.80. The Labute approximate surface area is 130 Å². The molecule has 1 N–H and O–H groups in total. The number of halogens is 2. The van der Waals surface area contributed by atoms with Gasteiger partial charge >= 0.3 is 0 Å². The maximum Gasteiger partial charge on any atom is 0.248 e. The van der Waals surface area contributed by atoms with Crippen LogP contribution in [0.3, 0.4) is 0 Å². The molecule has 3 nitrogen and oxygen atoms in total. The van der Waals surface area contributed by atoms with Gasteiger partial charge in [0.15, 0.2) is 0 Å². The molecule has 5 heteroatoms. The van der Waals surface area contributed by atoms with Crippen molar-refractivity contribution in [2.45, 2.75) is 6.92 Å². The number of anilines is 1. The van der Waals surface area contributed by atoms with Crippen LogP contribution in [-0.2, 0) is 4.79 Å². The van der Waals surface area contributed by atoms with Crippen molar-refractivity contribution in [2.24, 2.45) is 0 Å². The number of hydrogen-bond donors (Lipinski definition) is 1. The zero-order chi connectivity index (χ0) is 14.5. The number of carbonyl (C=O) groups is 1. The van der Waals surface area contributed by atoms with E-state index in [-0.39, 0.29) is 5.91 Å². The van der Waals surface area contributed by atoms with Crippen LogP contribution in [-0.4, -0.2) is 10.9 Å². The van der Waals surface area contributed by atoms with Gasteiger partial charge < -0.3 is 5.32 Å². The van der Waals surface area contributed by atoms with E-state index in [1.807, 2.05) is 25.1 Å². The Morgan fingerprint density at radius 3 is 2.70 bits per heavy atom. The third-order valence-electron chi connectivity index (χ3n) is 2.58. The molecular formula is C15H12BrClN2O. The van der Waals surface area contributed by atoms with Crippen molar-refractivity contribution in [1.82, 2.24) is 4.98 Å². The van der Waals surface area contributed by atoms with Crippen molar-refractivity contribution in [3.05, 3.63) is 63.4 Å². The molecule has 2 rings (SSSR count). The van der Waals surface area contributed by atoms with E-state index in [2.05, 4.69) is 26.2 Å². The van der Waals surface area contributed by atoms with Gasteiger partial charge in [0.1, 0.15) is 4.60 Å². The molecule has 102 valence electrons. The van der Waals surface area contributed by atoms with E-state index in [0.29, 0.717) is 10.7 Å². The van der Waals surface area contributed by atoms with Crippen molar-refractivity contribution in [2.75, 3.05) is 5.32 Å². The summed E-state index contributed by atoms with van der Waals surface area (Å²) in [5.41, 5.74) is 2.54. The second-order valence-corrected chi connectivity index (χ2v) is 5.39. The van der Waals surface area contributed by atoms with Gasteiger partial charge in [-0.15, -0.1) is 0 Å². The summed E-state index contributed by atoms with van der Waals surface area (Å²) in [6, 6.07) is 9.10. The number of rotatable bonds is 3. The summed E-state index contributed by atoms with van der Waals surface area (Å²) < 4.78 is 0.771. The van der Waals surface area contributed by atoms with Crippen LogP contribution in [0, 0.1) is 6.92 Å². The number of aryl methyl sites for hydroxylation is 1. The predicted molar refractivity (Wildman–Crippen MR) is 85.8 cm³/mol. The number of nitrogens with one attached hydrogen (secondary N) is 1. The Bertz CT molecular complexity index is 653. The van der Waals surface area contributed by atoms with E-state index < -0.39 is 0 Å². The lowest BCUT2D eigenvalue weighted by molar-refractivity contribution is -0.111. The zero-order valence-electron chi connectivity index (χ0n) is 10.7. The quantitative estimate of drug-likeness (QED) is 0.655. The van der Waals surface area contributed by atoms with Crippen LogP contribution in [0.5, 0.6) is 0 Å². The van der Waals surface area contributed by atoms with Gasteiger partial charge in [-0.2, -0.15) is 0 Å². The fraction of sp³-hybridized carbons (Fsp3) is 0.0667. The fourth-order valence-electron chi connectivity index (χ4n) is 1.56. The van der Waals surface area contributed by atoms with Crippen LogP contribution in [0.25, 0.3) is 6.08 Å². The number of aromatic nitrogens is 1. The summed E-state index contributed by atoms with van der Waals surface area (Å²) in [5, 5.41) is 3.43. The summed E-state index contributed by atoms with van der Waals surface area (Å²) in [4.78, 5) is 15.9. The first-order valence-corrected chi connectivity index (χ1v) is 7.08. The molecule has 1 aromatic heterocycles. The smallest absolute Gasteiger partial charge is 0.248 e. The molecule has 0 spiro atoms. The van der Waals surface area contributed by atoms with E-state index in [0.717, 1.165) is 15.7 Å². The number of nitrogens with zero attached hydrogens (tertiary/aromatic N) is 1. The Morgan fingerprint density at radius 2 is 2.05 bits per heavy atom. The molecule has 0 unspecified atom stereocenters. The van der Waals surface area contributed by atoms with Crippen LogP contribution in [0.2, 0.25) is 5.02 Å². The van der Waals surface area contributed by atoms with Crippen molar-refractivity contribution < 1.29 is 4.79 Å². The van der Waals surface area contributed by atoms with Crippen molar-refractivity contribution in [3.8, 4) is 0 Å². The molecule has 1 amide bonds. The Balaban J connectivity index is 2.01. The standard InChI is InChI=1S/C15H12BrClN2O/c1-10-8-13(9-18-15(10)16)19-14(20)7-4-11-2-5-12(17)6-3-11/h2-9H,1H3,(H,19,20)/b7-4+. The monoisotopic (exact) mass is 350 g/mol. The minimum Gasteiger partial charge on any atom is -0.321 e. The maximum absolute atomic E-state index is 11.8. The normalized spacial score (nSPS) is 10.8. The molecule has 20 heavy (non-hydrogen) atoms. The van der Waals surface area contributed by atoms with E-state index >= 15 is 0 Å². The lowest BCUT2D eigenvalue weighted by atomic mass is 10.2. The van der Waals surface area contributed by atoms with Crippen molar-refractivity contribution in [3.63, 3.8) is 0 Å². The molecule has 1 aromatic carbocycles. The van der Waals surface area contributed by atoms with E-state index in [9.17, 15) is 4.79 Å². The molecule has 0 fully saturated rings. The first kappa shape index (κ1) is 14.8. The number of hydrogen-bond acceptors (Lipinski definition) is 2. The molecule has 0 saturated heterocycles. The Hall–Kier alpha value is -1.65. The van der Waals surface area contributed by atoms with E-state index in [1.54, 1.807) is 24.4 Å². The molecular weight excluding hydrogens is 340 g/mol. The zero-order valence-corrected chi connectivity index (χ0v) is 13.1. The molecule has 0 saturated carbocycles. The van der Waals surface area contributed by atoms with Gasteiger partial charge in [-0.3, -0.25) is 4.79 Å². The summed E-state index contributed by atoms with van der Waals surface area (Å²) in [7, 11) is 0. The number of pyridine rings is 1. The lowest BCUT2D eigenvalue weighted by Crippen LogP contribution is -2.08. The predicted octanol–water partition coefficient (Wildman–Crippen LogP) is 4.46. The highest BCUT2D eigenvalue weighted by atomic mass is 79.9. The summed E-state index contributed by atoms with van der Waals surface area (Å²) in [6.45, 7) is 1.91. The van der Waals surface area contributed by atoms with Gasteiger partial charge in [0.25, 0.3) is 0 Å². The first-order chi connectivity index (χ1) is 9.54. The molecule has 2 aromatic rings.